The maximum absolute atomic E-state index is 12.9. The van der Waals surface area contributed by atoms with Crippen LogP contribution in [0.3, 0.4) is 0 Å². The Kier molecular flexibility index (Phi) is 4.04. The van der Waals surface area contributed by atoms with Gasteiger partial charge in [0.2, 0.25) is 0 Å². The molecule has 0 radical (unpaired) electrons. The van der Waals surface area contributed by atoms with Gasteiger partial charge in [-0.15, -0.1) is 0 Å². The smallest absolute Gasteiger partial charge is 0.319 e. The third kappa shape index (κ3) is 2.98. The summed E-state index contributed by atoms with van der Waals surface area (Å²) in [6.45, 7) is 1.55. The first-order valence-corrected chi connectivity index (χ1v) is 9.49. The minimum Gasteiger partial charge on any atom is -0.319 e. The number of nitrogens with one attached hydrogen (secondary N) is 1. The molecule has 1 saturated heterocycles. The molecule has 0 saturated carbocycles. The van der Waals surface area contributed by atoms with Gasteiger partial charge in [-0.2, -0.15) is 0 Å². The second kappa shape index (κ2) is 5.82. The highest BCUT2D eigenvalue weighted by atomic mass is 35.5. The lowest BCUT2D eigenvalue weighted by molar-refractivity contribution is -0.121. The number of carbonyl (C=O) groups is 2. The predicted octanol–water partition coefficient (Wildman–Crippen LogP) is 2.11. The lowest BCUT2D eigenvalue weighted by Crippen LogP contribution is -2.41. The van der Waals surface area contributed by atoms with Crippen molar-refractivity contribution >= 4 is 39.2 Å². The van der Waals surface area contributed by atoms with Gasteiger partial charge in [-0.1, -0.05) is 23.7 Å². The largest absolute Gasteiger partial charge is 0.331 e. The number of aromatic nitrogens is 1. The van der Waals surface area contributed by atoms with Gasteiger partial charge in [0.05, 0.1) is 9.92 Å². The third-order valence-electron chi connectivity index (χ3n) is 3.99. The van der Waals surface area contributed by atoms with E-state index >= 15 is 0 Å². The van der Waals surface area contributed by atoms with Crippen molar-refractivity contribution in [2.24, 2.45) is 0 Å². The molecule has 2 aromatic rings. The molecule has 1 aromatic heterocycles. The van der Waals surface area contributed by atoms with Crippen LogP contribution in [0.15, 0.2) is 47.5 Å². The average molecular weight is 380 g/mol. The van der Waals surface area contributed by atoms with Crippen LogP contribution < -0.4 is 10.2 Å². The number of urea groups is 1. The zero-order chi connectivity index (χ0) is 18.4. The summed E-state index contributed by atoms with van der Waals surface area (Å²) in [5.74, 6) is -0.359. The molecule has 1 N–H and O–H groups in total. The number of hydrogen-bond acceptors (Lipinski definition) is 5. The van der Waals surface area contributed by atoms with E-state index in [-0.39, 0.29) is 10.7 Å². The summed E-state index contributed by atoms with van der Waals surface area (Å²) in [6, 6.07) is 8.20. The molecule has 0 spiro atoms. The van der Waals surface area contributed by atoms with Gasteiger partial charge in [0.15, 0.2) is 9.84 Å². The Bertz CT molecular complexity index is 958. The van der Waals surface area contributed by atoms with E-state index in [1.165, 1.54) is 42.6 Å². The van der Waals surface area contributed by atoms with E-state index in [0.29, 0.717) is 10.6 Å². The molecule has 7 nitrogen and oxygen atoms in total. The van der Waals surface area contributed by atoms with Crippen LogP contribution in [0.2, 0.25) is 5.02 Å². The number of hydrogen-bond donors (Lipinski definition) is 1. The number of imide groups is 1. The zero-order valence-electron chi connectivity index (χ0n) is 13.4. The van der Waals surface area contributed by atoms with Crippen LogP contribution in [-0.2, 0) is 20.2 Å². The first-order valence-electron chi connectivity index (χ1n) is 7.22. The fourth-order valence-corrected chi connectivity index (χ4v) is 3.32. The van der Waals surface area contributed by atoms with Gasteiger partial charge < -0.3 is 5.32 Å². The summed E-state index contributed by atoms with van der Waals surface area (Å²) in [7, 11) is -3.35. The molecule has 3 amide bonds. The predicted molar refractivity (Wildman–Crippen MR) is 92.2 cm³/mol. The second-order valence-corrected chi connectivity index (χ2v) is 8.28. The molecule has 130 valence electrons. The Labute approximate surface area is 149 Å². The third-order valence-corrected chi connectivity index (χ3v) is 5.34. The quantitative estimate of drug-likeness (QED) is 0.824. The second-order valence-electron chi connectivity index (χ2n) is 5.83. The molecule has 0 bridgehead atoms. The highest BCUT2D eigenvalue weighted by Crippen LogP contribution is 2.32. The summed E-state index contributed by atoms with van der Waals surface area (Å²) >= 11 is 5.78. The van der Waals surface area contributed by atoms with Gasteiger partial charge in [-0.05, 0) is 36.8 Å². The van der Waals surface area contributed by atoms with Gasteiger partial charge in [0.1, 0.15) is 11.4 Å². The van der Waals surface area contributed by atoms with Crippen molar-refractivity contribution in [2.45, 2.75) is 17.4 Å². The Hall–Kier alpha value is -2.45. The fourth-order valence-electron chi connectivity index (χ4n) is 2.58. The number of nitrogens with zero attached hydrogens (tertiary/aromatic N) is 2. The highest BCUT2D eigenvalue weighted by molar-refractivity contribution is 7.90. The van der Waals surface area contributed by atoms with E-state index < -0.39 is 27.3 Å². The number of pyridine rings is 1. The molecule has 0 aliphatic carbocycles. The van der Waals surface area contributed by atoms with Gasteiger partial charge in [-0.3, -0.25) is 4.79 Å². The molecular weight excluding hydrogens is 366 g/mol. The molecule has 1 fully saturated rings. The molecular formula is C16H14ClN3O4S. The minimum atomic E-state index is -3.35. The van der Waals surface area contributed by atoms with E-state index in [4.69, 9.17) is 11.6 Å². The van der Waals surface area contributed by atoms with Crippen molar-refractivity contribution in [1.29, 1.82) is 0 Å². The lowest BCUT2D eigenvalue weighted by atomic mass is 9.92. The molecule has 9 heteroatoms. The Morgan fingerprint density at radius 3 is 2.28 bits per heavy atom. The average Bonchev–Trinajstić information content (AvgIpc) is 2.78. The minimum absolute atomic E-state index is 0.132. The van der Waals surface area contributed by atoms with Gasteiger partial charge in [-0.25, -0.2) is 23.1 Å². The number of rotatable bonds is 3. The van der Waals surface area contributed by atoms with Crippen molar-refractivity contribution < 1.29 is 18.0 Å². The summed E-state index contributed by atoms with van der Waals surface area (Å²) < 4.78 is 23.1. The molecule has 1 aliphatic heterocycles. The zero-order valence-corrected chi connectivity index (χ0v) is 14.9. The maximum Gasteiger partial charge on any atom is 0.331 e. The van der Waals surface area contributed by atoms with Crippen LogP contribution in [0.5, 0.6) is 0 Å². The Morgan fingerprint density at radius 2 is 1.76 bits per heavy atom. The van der Waals surface area contributed by atoms with E-state index in [2.05, 4.69) is 10.3 Å². The van der Waals surface area contributed by atoms with Crippen molar-refractivity contribution in [3.8, 4) is 0 Å². The SMILES string of the molecule is CC1(c2ccc(S(C)(=O)=O)cc2)NC(=O)N(c2ccc(Cl)cn2)C1=O. The fraction of sp³-hybridized carbons (Fsp3) is 0.188. The van der Waals surface area contributed by atoms with Crippen molar-refractivity contribution in [2.75, 3.05) is 11.2 Å². The van der Waals surface area contributed by atoms with Crippen LogP contribution >= 0.6 is 11.6 Å². The van der Waals surface area contributed by atoms with Crippen LogP contribution in [-0.4, -0.2) is 31.6 Å². The maximum atomic E-state index is 12.9. The van der Waals surface area contributed by atoms with Gasteiger partial charge in [0, 0.05) is 12.5 Å². The van der Waals surface area contributed by atoms with E-state index in [1.807, 2.05) is 0 Å². The van der Waals surface area contributed by atoms with E-state index in [1.54, 1.807) is 6.92 Å². The highest BCUT2D eigenvalue weighted by Gasteiger charge is 2.50. The van der Waals surface area contributed by atoms with Gasteiger partial charge >= 0.3 is 6.03 Å². The number of benzene rings is 1. The number of carbonyl (C=O) groups excluding carboxylic acids is 2. The number of anilines is 1. The molecule has 1 aromatic carbocycles. The Morgan fingerprint density at radius 1 is 1.12 bits per heavy atom. The standard InChI is InChI=1S/C16H14ClN3O4S/c1-16(10-3-6-12(7-4-10)25(2,23)24)14(21)20(15(22)19-16)13-8-5-11(17)9-18-13/h3-9H,1-2H3,(H,19,22). The number of sulfone groups is 1. The number of amides is 3. The molecule has 2 heterocycles. The first-order chi connectivity index (χ1) is 11.6. The molecule has 25 heavy (non-hydrogen) atoms. The summed E-state index contributed by atoms with van der Waals surface area (Å²) in [4.78, 5) is 30.2. The topological polar surface area (TPSA) is 96.4 Å². The summed E-state index contributed by atoms with van der Waals surface area (Å²) in [5, 5.41) is 3.02. The van der Waals surface area contributed by atoms with E-state index in [0.717, 1.165) is 11.2 Å². The Balaban J connectivity index is 1.98. The molecule has 1 atom stereocenters. The molecule has 1 aliphatic rings. The van der Waals surface area contributed by atoms with Crippen molar-refractivity contribution in [3.05, 3.63) is 53.2 Å². The van der Waals surface area contributed by atoms with E-state index in [9.17, 15) is 18.0 Å². The van der Waals surface area contributed by atoms with Crippen LogP contribution in [0.25, 0.3) is 0 Å². The molecule has 1 unspecified atom stereocenters. The summed E-state index contributed by atoms with van der Waals surface area (Å²) in [5.41, 5.74) is -0.858. The number of halogens is 1. The van der Waals surface area contributed by atoms with Crippen molar-refractivity contribution in [1.82, 2.24) is 10.3 Å². The van der Waals surface area contributed by atoms with Gasteiger partial charge in [0.25, 0.3) is 5.91 Å². The summed E-state index contributed by atoms with van der Waals surface area (Å²) in [6.07, 6.45) is 2.44. The first kappa shape index (κ1) is 17.4. The van der Waals surface area contributed by atoms with Crippen molar-refractivity contribution in [3.63, 3.8) is 0 Å². The monoisotopic (exact) mass is 379 g/mol. The lowest BCUT2D eigenvalue weighted by Gasteiger charge is -2.22. The molecule has 3 rings (SSSR count). The normalized spacial score (nSPS) is 20.7. The van der Waals surface area contributed by atoms with Crippen LogP contribution in [0.1, 0.15) is 12.5 Å². The van der Waals surface area contributed by atoms with Crippen LogP contribution in [0, 0.1) is 0 Å². The van der Waals surface area contributed by atoms with Crippen LogP contribution in [0.4, 0.5) is 10.6 Å².